The molecule has 1 unspecified atom stereocenters. The summed E-state index contributed by atoms with van der Waals surface area (Å²) < 4.78 is 19.0. The van der Waals surface area contributed by atoms with Crippen LogP contribution >= 0.6 is 23.8 Å². The summed E-state index contributed by atoms with van der Waals surface area (Å²) in [5.74, 6) is -0.451. The van der Waals surface area contributed by atoms with Gasteiger partial charge in [0.15, 0.2) is 5.11 Å². The van der Waals surface area contributed by atoms with E-state index < -0.39 is 5.82 Å². The molecule has 0 aliphatic carbocycles. The van der Waals surface area contributed by atoms with Crippen LogP contribution in [-0.4, -0.2) is 37.5 Å². The average Bonchev–Trinajstić information content (AvgIpc) is 2.64. The number of rotatable bonds is 5. The first kappa shape index (κ1) is 19.0. The molecule has 0 amide bonds. The quantitative estimate of drug-likeness (QED) is 0.680. The number of benzene rings is 2. The van der Waals surface area contributed by atoms with Gasteiger partial charge in [0.05, 0.1) is 11.6 Å². The van der Waals surface area contributed by atoms with Gasteiger partial charge >= 0.3 is 0 Å². The number of hydrogen-bond acceptors (Lipinski definition) is 2. The highest BCUT2D eigenvalue weighted by molar-refractivity contribution is 7.80. The lowest BCUT2D eigenvalue weighted by Gasteiger charge is -2.30. The second-order valence-electron chi connectivity index (χ2n) is 6.32. The molecule has 1 fully saturated rings. The predicted octanol–water partition coefficient (Wildman–Crippen LogP) is 2.25. The van der Waals surface area contributed by atoms with Gasteiger partial charge in [0.25, 0.3) is 0 Å². The number of thiocarbonyl (C=S) groups is 1. The number of morpholine rings is 1. The van der Waals surface area contributed by atoms with E-state index in [1.165, 1.54) is 22.6 Å². The van der Waals surface area contributed by atoms with Crippen molar-refractivity contribution in [3.63, 3.8) is 0 Å². The minimum absolute atomic E-state index is 0.0635. The molecule has 4 nitrogen and oxygen atoms in total. The molecule has 3 rings (SSSR count). The van der Waals surface area contributed by atoms with Crippen LogP contribution in [0.15, 0.2) is 48.5 Å². The van der Waals surface area contributed by atoms with E-state index in [0.717, 1.165) is 26.2 Å². The standard InChI is InChI=1S/C19H21ClFN3OS/c20-17-10-15(6-7-18(17)21)23-19(26)22-11-16-13-24(8-9-25-16)12-14-4-2-1-3-5-14/h1-7,10,16H,8-9,11-13H2,(H2,22,23,26)/p+1/t16-/m0/s1. The zero-order chi connectivity index (χ0) is 18.4. The van der Waals surface area contributed by atoms with E-state index in [1.807, 2.05) is 6.07 Å². The van der Waals surface area contributed by atoms with E-state index in [0.29, 0.717) is 17.3 Å². The summed E-state index contributed by atoms with van der Waals surface area (Å²) in [6, 6.07) is 14.9. The highest BCUT2D eigenvalue weighted by Gasteiger charge is 2.23. The predicted molar refractivity (Wildman–Crippen MR) is 106 cm³/mol. The molecule has 1 aliphatic rings. The van der Waals surface area contributed by atoms with Gasteiger partial charge in [-0.3, -0.25) is 0 Å². The Morgan fingerprint density at radius 3 is 2.85 bits per heavy atom. The molecule has 0 saturated carbocycles. The van der Waals surface area contributed by atoms with E-state index in [2.05, 4.69) is 34.9 Å². The van der Waals surface area contributed by atoms with Crippen molar-refractivity contribution in [2.75, 3.05) is 31.6 Å². The number of hydrogen-bond donors (Lipinski definition) is 3. The van der Waals surface area contributed by atoms with Gasteiger partial charge < -0.3 is 20.3 Å². The summed E-state index contributed by atoms with van der Waals surface area (Å²) in [6.07, 6.45) is 0.0963. The lowest BCUT2D eigenvalue weighted by atomic mass is 10.2. The third kappa shape index (κ3) is 5.64. The van der Waals surface area contributed by atoms with Crippen LogP contribution in [0.25, 0.3) is 0 Å². The summed E-state index contributed by atoms with van der Waals surface area (Å²) in [5, 5.41) is 6.70. The third-order valence-electron chi connectivity index (χ3n) is 4.29. The average molecular weight is 395 g/mol. The first-order chi connectivity index (χ1) is 12.6. The summed E-state index contributed by atoms with van der Waals surface area (Å²) in [6.45, 7) is 4.29. The molecule has 26 heavy (non-hydrogen) atoms. The topological polar surface area (TPSA) is 37.7 Å². The van der Waals surface area contributed by atoms with Crippen molar-refractivity contribution in [1.82, 2.24) is 5.32 Å². The van der Waals surface area contributed by atoms with Gasteiger partial charge in [-0.25, -0.2) is 4.39 Å². The second-order valence-corrected chi connectivity index (χ2v) is 7.14. The van der Waals surface area contributed by atoms with Crippen LogP contribution in [0.5, 0.6) is 0 Å². The molecule has 1 aliphatic heterocycles. The van der Waals surface area contributed by atoms with Gasteiger partial charge in [-0.1, -0.05) is 41.9 Å². The van der Waals surface area contributed by atoms with Crippen LogP contribution in [0, 0.1) is 5.82 Å². The van der Waals surface area contributed by atoms with Gasteiger partial charge in [0.2, 0.25) is 0 Å². The molecule has 1 heterocycles. The maximum atomic E-state index is 13.2. The van der Waals surface area contributed by atoms with Crippen LogP contribution in [0.4, 0.5) is 10.1 Å². The zero-order valence-corrected chi connectivity index (χ0v) is 15.9. The smallest absolute Gasteiger partial charge is 0.170 e. The molecule has 2 atom stereocenters. The minimum atomic E-state index is -0.451. The second kappa shape index (κ2) is 9.28. The molecule has 0 radical (unpaired) electrons. The molecule has 3 N–H and O–H groups in total. The summed E-state index contributed by atoms with van der Waals surface area (Å²) in [5.41, 5.74) is 1.98. The Morgan fingerprint density at radius 1 is 1.27 bits per heavy atom. The maximum absolute atomic E-state index is 13.2. The Labute approximate surface area is 163 Å². The van der Waals surface area contributed by atoms with Crippen molar-refractivity contribution >= 4 is 34.6 Å². The Hall–Kier alpha value is -1.73. The Kier molecular flexibility index (Phi) is 6.80. The molecule has 7 heteroatoms. The summed E-state index contributed by atoms with van der Waals surface area (Å²) >= 11 is 11.1. The number of ether oxygens (including phenoxy) is 1. The summed E-state index contributed by atoms with van der Waals surface area (Å²) in [7, 11) is 0. The van der Waals surface area contributed by atoms with Gasteiger partial charge in [-0.15, -0.1) is 0 Å². The number of anilines is 1. The SMILES string of the molecule is Fc1ccc(NC(=S)NC[C@H]2C[NH+](Cc3ccccc3)CCO2)cc1Cl. The van der Waals surface area contributed by atoms with Crippen molar-refractivity contribution in [3.05, 3.63) is 64.9 Å². The van der Waals surface area contributed by atoms with Gasteiger partial charge in [-0.05, 0) is 30.4 Å². The van der Waals surface area contributed by atoms with Crippen molar-refractivity contribution < 1.29 is 14.0 Å². The van der Waals surface area contributed by atoms with Gasteiger partial charge in [0.1, 0.15) is 31.6 Å². The largest absolute Gasteiger partial charge is 0.365 e. The molecule has 0 aromatic heterocycles. The normalized spacial score (nSPS) is 19.8. The molecular formula is C19H22ClFN3OS+. The molecule has 2 aromatic carbocycles. The molecule has 2 aromatic rings. The van der Waals surface area contributed by atoms with E-state index >= 15 is 0 Å². The zero-order valence-electron chi connectivity index (χ0n) is 14.3. The van der Waals surface area contributed by atoms with E-state index in [-0.39, 0.29) is 11.1 Å². The molecule has 0 bridgehead atoms. The number of nitrogens with one attached hydrogen (secondary N) is 3. The monoisotopic (exact) mass is 394 g/mol. The highest BCUT2D eigenvalue weighted by Crippen LogP contribution is 2.19. The van der Waals surface area contributed by atoms with Crippen LogP contribution in [0.3, 0.4) is 0 Å². The van der Waals surface area contributed by atoms with Crippen LogP contribution < -0.4 is 15.5 Å². The fourth-order valence-electron chi connectivity index (χ4n) is 2.98. The molecular weight excluding hydrogens is 373 g/mol. The van der Waals surface area contributed by atoms with Crippen molar-refractivity contribution in [2.24, 2.45) is 0 Å². The van der Waals surface area contributed by atoms with Crippen LogP contribution in [0.2, 0.25) is 5.02 Å². The number of halogens is 2. The van der Waals surface area contributed by atoms with Crippen LogP contribution in [-0.2, 0) is 11.3 Å². The lowest BCUT2D eigenvalue weighted by molar-refractivity contribution is -0.925. The van der Waals surface area contributed by atoms with Crippen molar-refractivity contribution in [2.45, 2.75) is 12.6 Å². The number of quaternary nitrogens is 1. The maximum Gasteiger partial charge on any atom is 0.170 e. The van der Waals surface area contributed by atoms with Crippen molar-refractivity contribution in [3.8, 4) is 0 Å². The first-order valence-electron chi connectivity index (χ1n) is 8.59. The Bertz CT molecular complexity index is 747. The molecule has 0 spiro atoms. The fraction of sp³-hybridized carbons (Fsp3) is 0.316. The Balaban J connectivity index is 1.44. The Morgan fingerprint density at radius 2 is 2.08 bits per heavy atom. The van der Waals surface area contributed by atoms with Crippen molar-refractivity contribution in [1.29, 1.82) is 0 Å². The third-order valence-corrected chi connectivity index (χ3v) is 4.83. The van der Waals surface area contributed by atoms with Gasteiger partial charge in [0, 0.05) is 17.8 Å². The van der Waals surface area contributed by atoms with E-state index in [9.17, 15) is 4.39 Å². The molecule has 138 valence electrons. The van der Waals surface area contributed by atoms with Crippen LogP contribution in [0.1, 0.15) is 5.56 Å². The highest BCUT2D eigenvalue weighted by atomic mass is 35.5. The first-order valence-corrected chi connectivity index (χ1v) is 9.38. The molecule has 1 saturated heterocycles. The van der Waals surface area contributed by atoms with E-state index in [1.54, 1.807) is 6.07 Å². The summed E-state index contributed by atoms with van der Waals surface area (Å²) in [4.78, 5) is 1.50. The van der Waals surface area contributed by atoms with Gasteiger partial charge in [-0.2, -0.15) is 0 Å². The fourth-order valence-corrected chi connectivity index (χ4v) is 3.37. The van der Waals surface area contributed by atoms with E-state index in [4.69, 9.17) is 28.6 Å². The minimum Gasteiger partial charge on any atom is -0.365 e. The lowest BCUT2D eigenvalue weighted by Crippen LogP contribution is -3.13.